The minimum absolute atomic E-state index is 0.0717. The lowest BCUT2D eigenvalue weighted by Crippen LogP contribution is -2.31. The molecule has 35 heavy (non-hydrogen) atoms. The molecule has 0 unspecified atom stereocenters. The van der Waals surface area contributed by atoms with Gasteiger partial charge in [-0.3, -0.25) is 4.79 Å². The zero-order valence-corrected chi connectivity index (χ0v) is 20.8. The third-order valence-corrected chi connectivity index (χ3v) is 6.58. The van der Waals surface area contributed by atoms with Crippen molar-refractivity contribution in [3.05, 3.63) is 84.4 Å². The number of anilines is 1. The monoisotopic (exact) mass is 488 g/mol. The molecular formula is C29H32BClNO3. The number of hydrogen-bond donors (Lipinski definition) is 0. The Morgan fingerprint density at radius 3 is 2.00 bits per heavy atom. The van der Waals surface area contributed by atoms with E-state index in [9.17, 15) is 4.79 Å². The fraction of sp³-hybridized carbons (Fsp3) is 0.345. The molecule has 3 aromatic carbocycles. The van der Waals surface area contributed by atoms with E-state index in [4.69, 9.17) is 21.0 Å². The van der Waals surface area contributed by atoms with Crippen LogP contribution in [0.5, 0.6) is 17.2 Å². The van der Waals surface area contributed by atoms with Crippen molar-refractivity contribution < 1.29 is 14.2 Å². The maximum absolute atomic E-state index is 12.5. The molecule has 0 aromatic heterocycles. The molecule has 0 aliphatic heterocycles. The average molecular weight is 489 g/mol. The van der Waals surface area contributed by atoms with Gasteiger partial charge in [0.15, 0.2) is 0 Å². The number of alkyl halides is 1. The van der Waals surface area contributed by atoms with Crippen LogP contribution in [0, 0.1) is 0 Å². The van der Waals surface area contributed by atoms with Gasteiger partial charge in [-0.2, -0.15) is 0 Å². The molecule has 6 heteroatoms. The van der Waals surface area contributed by atoms with Crippen LogP contribution in [0.25, 0.3) is 0 Å². The van der Waals surface area contributed by atoms with Crippen molar-refractivity contribution >= 4 is 30.7 Å². The molecule has 1 fully saturated rings. The van der Waals surface area contributed by atoms with E-state index in [1.165, 1.54) is 44.9 Å². The normalized spacial score (nSPS) is 14.4. The molecule has 0 spiro atoms. The molecule has 1 radical (unpaired) electrons. The molecule has 1 aliphatic carbocycles. The molecule has 3 aromatic rings. The molecule has 1 aliphatic rings. The summed E-state index contributed by atoms with van der Waals surface area (Å²) >= 11 is 5.87. The summed E-state index contributed by atoms with van der Waals surface area (Å²) in [7, 11) is 2.02. The minimum atomic E-state index is -0.143. The van der Waals surface area contributed by atoms with Gasteiger partial charge in [0.05, 0.1) is 12.3 Å². The number of rotatable bonds is 9. The van der Waals surface area contributed by atoms with Crippen LogP contribution in [0.4, 0.5) is 5.69 Å². The number of nitrogens with zero attached hydrogens (tertiary/aromatic N) is 1. The van der Waals surface area contributed by atoms with E-state index in [2.05, 4.69) is 0 Å². The molecule has 0 N–H and O–H groups in total. The van der Waals surface area contributed by atoms with Gasteiger partial charge in [0.25, 0.3) is 0 Å². The highest BCUT2D eigenvalue weighted by Crippen LogP contribution is 2.29. The Morgan fingerprint density at radius 2 is 1.37 bits per heavy atom. The highest BCUT2D eigenvalue weighted by Gasteiger charge is 2.16. The van der Waals surface area contributed by atoms with Crippen LogP contribution in [-0.4, -0.2) is 19.3 Å². The summed E-state index contributed by atoms with van der Waals surface area (Å²) in [6, 6.07) is 25.0. The average Bonchev–Trinajstić information content (AvgIpc) is 2.88. The molecule has 0 atom stereocenters. The number of carbonyl (C=O) groups excluding carboxylic acids is 1. The Hall–Kier alpha value is -2.92. The van der Waals surface area contributed by atoms with Crippen molar-refractivity contribution in [1.82, 2.24) is 0 Å². The van der Waals surface area contributed by atoms with E-state index in [-0.39, 0.29) is 11.8 Å². The Labute approximate surface area is 214 Å². The third-order valence-electron chi connectivity index (χ3n) is 6.35. The summed E-state index contributed by atoms with van der Waals surface area (Å²) < 4.78 is 11.9. The van der Waals surface area contributed by atoms with Gasteiger partial charge in [0.1, 0.15) is 17.4 Å². The van der Waals surface area contributed by atoms with Gasteiger partial charge < -0.3 is 14.3 Å². The van der Waals surface area contributed by atoms with Gasteiger partial charge in [0.2, 0.25) is 5.91 Å². The lowest BCUT2D eigenvalue weighted by molar-refractivity contribution is -0.116. The first-order valence-electron chi connectivity index (χ1n) is 12.5. The molecule has 0 bridgehead atoms. The summed E-state index contributed by atoms with van der Waals surface area (Å²) in [5.41, 5.74) is 1.82. The number of carbonyl (C=O) groups is 1. The van der Waals surface area contributed by atoms with Crippen LogP contribution < -0.4 is 14.3 Å². The highest BCUT2D eigenvalue weighted by atomic mass is 35.5. The maximum atomic E-state index is 12.5. The van der Waals surface area contributed by atoms with Gasteiger partial charge in [-0.15, -0.1) is 11.6 Å². The number of hydrogen-bond acceptors (Lipinski definition) is 3. The number of amides is 1. The largest absolute Gasteiger partial charge is 0.563 e. The predicted molar refractivity (Wildman–Crippen MR) is 144 cm³/mol. The third kappa shape index (κ3) is 7.79. The van der Waals surface area contributed by atoms with E-state index in [0.29, 0.717) is 18.1 Å². The quantitative estimate of drug-likeness (QED) is 0.228. The molecule has 181 valence electrons. The lowest BCUT2D eigenvalue weighted by atomic mass is 9.72. The summed E-state index contributed by atoms with van der Waals surface area (Å²) in [4.78, 5) is 14.1. The zero-order chi connectivity index (χ0) is 24.3. The van der Waals surface area contributed by atoms with E-state index >= 15 is 0 Å². The van der Waals surface area contributed by atoms with Gasteiger partial charge in [-0.05, 0) is 59.9 Å². The first-order chi connectivity index (χ1) is 17.2. The second kappa shape index (κ2) is 13.2. The Balaban J connectivity index is 1.33. The van der Waals surface area contributed by atoms with Crippen LogP contribution in [0.1, 0.15) is 50.5 Å². The lowest BCUT2D eigenvalue weighted by Gasteiger charge is -2.22. The number of benzene rings is 3. The highest BCUT2D eigenvalue weighted by molar-refractivity contribution is 6.30. The molecular weight excluding hydrogens is 457 g/mol. The van der Waals surface area contributed by atoms with Crippen molar-refractivity contribution in [2.24, 2.45) is 0 Å². The standard InChI is InChI=1S/C29H32BClNO3/c31-21-29(33)32(22-23-9-5-4-6-10-23)25-13-15-26(16-14-25)34-27-17-19-28(20-18-27)35-30-24-11-7-2-1-3-8-12-24/h4-6,9-10,13-20,24H,1-3,7-8,11-12,21-22H2. The smallest absolute Gasteiger partial charge is 0.373 e. The van der Waals surface area contributed by atoms with Crippen molar-refractivity contribution in [3.63, 3.8) is 0 Å². The van der Waals surface area contributed by atoms with Crippen molar-refractivity contribution in [3.8, 4) is 17.2 Å². The second-order valence-electron chi connectivity index (χ2n) is 9.03. The molecule has 0 saturated heterocycles. The summed E-state index contributed by atoms with van der Waals surface area (Å²) in [6.45, 7) is 0.464. The Bertz CT molecular complexity index is 1040. The summed E-state index contributed by atoms with van der Waals surface area (Å²) in [5, 5.41) is 0. The van der Waals surface area contributed by atoms with Crippen LogP contribution in [-0.2, 0) is 11.3 Å². The predicted octanol–water partition coefficient (Wildman–Crippen LogP) is 7.78. The molecule has 1 saturated carbocycles. The van der Waals surface area contributed by atoms with E-state index < -0.39 is 0 Å². The summed E-state index contributed by atoms with van der Waals surface area (Å²) in [6.07, 6.45) is 9.07. The van der Waals surface area contributed by atoms with E-state index in [0.717, 1.165) is 22.7 Å². The van der Waals surface area contributed by atoms with Gasteiger partial charge in [0, 0.05) is 5.69 Å². The minimum Gasteiger partial charge on any atom is -0.563 e. The summed E-state index contributed by atoms with van der Waals surface area (Å²) in [5.74, 6) is 2.58. The van der Waals surface area contributed by atoms with Gasteiger partial charge >= 0.3 is 7.48 Å². The van der Waals surface area contributed by atoms with Crippen LogP contribution >= 0.6 is 11.6 Å². The fourth-order valence-electron chi connectivity index (χ4n) is 4.38. The Kier molecular flexibility index (Phi) is 9.53. The zero-order valence-electron chi connectivity index (χ0n) is 20.1. The van der Waals surface area contributed by atoms with Crippen LogP contribution in [0.3, 0.4) is 0 Å². The number of halogens is 1. The molecule has 0 heterocycles. The first kappa shape index (κ1) is 25.2. The van der Waals surface area contributed by atoms with E-state index in [1.54, 1.807) is 4.90 Å². The van der Waals surface area contributed by atoms with Gasteiger partial charge in [-0.25, -0.2) is 0 Å². The SMILES string of the molecule is O=C(CCl)N(Cc1ccccc1)c1ccc(Oc2ccc(O[B]C3CCCCCCC3)cc2)cc1. The second-order valence-corrected chi connectivity index (χ2v) is 9.29. The molecule has 4 rings (SSSR count). The Morgan fingerprint density at radius 1 is 0.800 bits per heavy atom. The molecule has 4 nitrogen and oxygen atoms in total. The molecule has 1 amide bonds. The first-order valence-corrected chi connectivity index (χ1v) is 13.0. The van der Waals surface area contributed by atoms with Crippen molar-refractivity contribution in [2.75, 3.05) is 10.8 Å². The maximum Gasteiger partial charge on any atom is 0.373 e. The fourth-order valence-corrected chi connectivity index (χ4v) is 4.52. The van der Waals surface area contributed by atoms with Crippen molar-refractivity contribution in [2.45, 2.75) is 57.3 Å². The van der Waals surface area contributed by atoms with Crippen LogP contribution in [0.15, 0.2) is 78.9 Å². The van der Waals surface area contributed by atoms with E-state index in [1.807, 2.05) is 86.3 Å². The van der Waals surface area contributed by atoms with Crippen molar-refractivity contribution in [1.29, 1.82) is 0 Å². The topological polar surface area (TPSA) is 38.8 Å². The number of ether oxygens (including phenoxy) is 1. The van der Waals surface area contributed by atoms with Gasteiger partial charge in [-0.1, -0.05) is 75.3 Å². The van der Waals surface area contributed by atoms with Crippen LogP contribution in [0.2, 0.25) is 5.82 Å².